The normalized spacial score (nSPS) is 11.7. The van der Waals surface area contributed by atoms with Gasteiger partial charge in [-0.05, 0) is 30.3 Å². The van der Waals surface area contributed by atoms with Gasteiger partial charge in [0.15, 0.2) is 11.6 Å². The quantitative estimate of drug-likeness (QED) is 0.768. The average molecular weight is 378 g/mol. The third kappa shape index (κ3) is 4.35. The van der Waals surface area contributed by atoms with Gasteiger partial charge in [-0.3, -0.25) is 0 Å². The van der Waals surface area contributed by atoms with Gasteiger partial charge in [-0.15, -0.1) is 0 Å². The van der Waals surface area contributed by atoms with Crippen LogP contribution in [0.4, 0.5) is 4.39 Å². The summed E-state index contributed by atoms with van der Waals surface area (Å²) in [5, 5.41) is 0.347. The molecule has 0 amide bonds. The highest BCUT2D eigenvalue weighted by atomic mass is 35.5. The number of halogens is 3. The number of rotatable bonds is 6. The van der Waals surface area contributed by atoms with Crippen molar-refractivity contribution in [3.05, 3.63) is 58.3 Å². The van der Waals surface area contributed by atoms with E-state index < -0.39 is 15.8 Å². The predicted molar refractivity (Wildman–Crippen MR) is 88.2 cm³/mol. The third-order valence-electron chi connectivity index (χ3n) is 3.08. The Labute approximate surface area is 144 Å². The van der Waals surface area contributed by atoms with Crippen molar-refractivity contribution in [2.45, 2.75) is 4.90 Å². The number of sulfonamides is 1. The lowest BCUT2D eigenvalue weighted by atomic mass is 10.3. The molecule has 0 aliphatic rings. The topological polar surface area (TPSA) is 46.6 Å². The largest absolute Gasteiger partial charge is 0.489 e. The summed E-state index contributed by atoms with van der Waals surface area (Å²) >= 11 is 11.8. The SMILES string of the molecule is CN(CCOc1ccccc1F)S(=O)(=O)c1cc(Cl)ccc1Cl. The monoisotopic (exact) mass is 377 g/mol. The lowest BCUT2D eigenvalue weighted by Gasteiger charge is -2.18. The molecule has 0 heterocycles. The van der Waals surface area contributed by atoms with Crippen molar-refractivity contribution in [3.8, 4) is 5.75 Å². The van der Waals surface area contributed by atoms with Crippen LogP contribution in [0.2, 0.25) is 10.0 Å². The van der Waals surface area contributed by atoms with Crippen molar-refractivity contribution >= 4 is 33.2 Å². The Morgan fingerprint density at radius 3 is 2.57 bits per heavy atom. The molecule has 0 radical (unpaired) electrons. The van der Waals surface area contributed by atoms with Gasteiger partial charge in [-0.1, -0.05) is 35.3 Å². The predicted octanol–water partition coefficient (Wildman–Crippen LogP) is 3.83. The lowest BCUT2D eigenvalue weighted by molar-refractivity contribution is 0.275. The number of hydrogen-bond donors (Lipinski definition) is 0. The van der Waals surface area contributed by atoms with E-state index in [9.17, 15) is 12.8 Å². The molecule has 0 aliphatic carbocycles. The van der Waals surface area contributed by atoms with Gasteiger partial charge in [0, 0.05) is 18.6 Å². The second-order valence-electron chi connectivity index (χ2n) is 4.68. The molecule has 0 unspecified atom stereocenters. The Hall–Kier alpha value is -1.34. The molecule has 0 N–H and O–H groups in total. The molecule has 0 saturated heterocycles. The molecule has 2 aromatic rings. The molecule has 0 fully saturated rings. The Morgan fingerprint density at radius 1 is 1.17 bits per heavy atom. The molecular formula is C15H14Cl2FNO3S. The summed E-state index contributed by atoms with van der Waals surface area (Å²) in [6, 6.07) is 10.1. The second-order valence-corrected chi connectivity index (χ2v) is 7.54. The third-order valence-corrected chi connectivity index (χ3v) is 5.66. The summed E-state index contributed by atoms with van der Waals surface area (Å²) < 4.78 is 44.7. The maximum Gasteiger partial charge on any atom is 0.244 e. The zero-order valence-corrected chi connectivity index (χ0v) is 14.5. The average Bonchev–Trinajstić information content (AvgIpc) is 2.51. The van der Waals surface area contributed by atoms with Crippen LogP contribution in [0.3, 0.4) is 0 Å². The fraction of sp³-hybridized carbons (Fsp3) is 0.200. The second kappa shape index (κ2) is 7.49. The van der Waals surface area contributed by atoms with E-state index in [1.807, 2.05) is 0 Å². The van der Waals surface area contributed by atoms with E-state index in [1.54, 1.807) is 12.1 Å². The molecule has 124 valence electrons. The summed E-state index contributed by atoms with van der Waals surface area (Å²) in [7, 11) is -2.43. The molecule has 0 spiro atoms. The molecule has 23 heavy (non-hydrogen) atoms. The smallest absolute Gasteiger partial charge is 0.244 e. The van der Waals surface area contributed by atoms with Crippen LogP contribution in [0.5, 0.6) is 5.75 Å². The van der Waals surface area contributed by atoms with Crippen molar-refractivity contribution in [2.24, 2.45) is 0 Å². The van der Waals surface area contributed by atoms with Crippen molar-refractivity contribution < 1.29 is 17.5 Å². The fourth-order valence-corrected chi connectivity index (χ4v) is 3.70. The number of benzene rings is 2. The van der Waals surface area contributed by atoms with E-state index in [2.05, 4.69) is 0 Å². The molecule has 4 nitrogen and oxygen atoms in total. The minimum atomic E-state index is -3.81. The van der Waals surface area contributed by atoms with Gasteiger partial charge < -0.3 is 4.74 Å². The van der Waals surface area contributed by atoms with Gasteiger partial charge in [-0.25, -0.2) is 12.8 Å². The number of hydrogen-bond acceptors (Lipinski definition) is 3. The minimum Gasteiger partial charge on any atom is -0.489 e. The number of likely N-dealkylation sites (N-methyl/N-ethyl adjacent to an activating group) is 1. The molecule has 0 saturated carbocycles. The highest BCUT2D eigenvalue weighted by Crippen LogP contribution is 2.27. The van der Waals surface area contributed by atoms with Gasteiger partial charge in [-0.2, -0.15) is 4.31 Å². The van der Waals surface area contributed by atoms with Crippen LogP contribution in [0.1, 0.15) is 0 Å². The van der Waals surface area contributed by atoms with Gasteiger partial charge in [0.25, 0.3) is 0 Å². The standard InChI is InChI=1S/C15H14Cl2FNO3S/c1-19(8-9-22-14-5-3-2-4-13(14)18)23(20,21)15-10-11(16)6-7-12(15)17/h2-7,10H,8-9H2,1H3. The molecular weight excluding hydrogens is 364 g/mol. The Morgan fingerprint density at radius 2 is 1.87 bits per heavy atom. The summed E-state index contributed by atoms with van der Waals surface area (Å²) in [5.74, 6) is -0.435. The maximum atomic E-state index is 13.4. The van der Waals surface area contributed by atoms with E-state index in [4.69, 9.17) is 27.9 Å². The van der Waals surface area contributed by atoms with Gasteiger partial charge in [0.2, 0.25) is 10.0 Å². The van der Waals surface area contributed by atoms with E-state index in [-0.39, 0.29) is 33.8 Å². The van der Waals surface area contributed by atoms with E-state index >= 15 is 0 Å². The zero-order valence-electron chi connectivity index (χ0n) is 12.2. The van der Waals surface area contributed by atoms with Gasteiger partial charge in [0.05, 0.1) is 5.02 Å². The highest BCUT2D eigenvalue weighted by Gasteiger charge is 2.24. The molecule has 2 rings (SSSR count). The summed E-state index contributed by atoms with van der Waals surface area (Å²) in [6.07, 6.45) is 0. The fourth-order valence-electron chi connectivity index (χ4n) is 1.81. The van der Waals surface area contributed by atoms with Crippen LogP contribution in [-0.2, 0) is 10.0 Å². The molecule has 2 aromatic carbocycles. The number of ether oxygens (including phenoxy) is 1. The molecule has 8 heteroatoms. The van der Waals surface area contributed by atoms with Crippen molar-refractivity contribution in [3.63, 3.8) is 0 Å². The first-order valence-corrected chi connectivity index (χ1v) is 8.80. The molecule has 0 atom stereocenters. The summed E-state index contributed by atoms with van der Waals surface area (Å²) in [6.45, 7) is 0.0222. The van der Waals surface area contributed by atoms with Crippen LogP contribution in [-0.4, -0.2) is 32.9 Å². The van der Waals surface area contributed by atoms with Crippen LogP contribution in [0.25, 0.3) is 0 Å². The Kier molecular flexibility index (Phi) is 5.86. The van der Waals surface area contributed by atoms with Gasteiger partial charge in [0.1, 0.15) is 11.5 Å². The molecule has 0 aromatic heterocycles. The maximum absolute atomic E-state index is 13.4. The molecule has 0 bridgehead atoms. The lowest BCUT2D eigenvalue weighted by Crippen LogP contribution is -2.31. The zero-order chi connectivity index (χ0) is 17.0. The van der Waals surface area contributed by atoms with E-state index in [1.165, 1.54) is 37.4 Å². The highest BCUT2D eigenvalue weighted by molar-refractivity contribution is 7.89. The van der Waals surface area contributed by atoms with Crippen LogP contribution in [0.15, 0.2) is 47.4 Å². The van der Waals surface area contributed by atoms with E-state index in [0.29, 0.717) is 0 Å². The van der Waals surface area contributed by atoms with Crippen molar-refractivity contribution in [1.29, 1.82) is 0 Å². The first kappa shape index (κ1) is 18.0. The first-order valence-electron chi connectivity index (χ1n) is 6.61. The Bertz CT molecular complexity index is 799. The Balaban J connectivity index is 2.06. The number of nitrogens with zero attached hydrogens (tertiary/aromatic N) is 1. The van der Waals surface area contributed by atoms with Crippen LogP contribution < -0.4 is 4.74 Å². The van der Waals surface area contributed by atoms with Gasteiger partial charge >= 0.3 is 0 Å². The number of para-hydroxylation sites is 1. The van der Waals surface area contributed by atoms with E-state index in [0.717, 1.165) is 4.31 Å². The summed E-state index contributed by atoms with van der Waals surface area (Å²) in [5.41, 5.74) is 0. The minimum absolute atomic E-state index is 0.00511. The van der Waals surface area contributed by atoms with Crippen molar-refractivity contribution in [2.75, 3.05) is 20.2 Å². The van der Waals surface area contributed by atoms with Crippen LogP contribution in [0, 0.1) is 5.82 Å². The first-order chi connectivity index (χ1) is 10.8. The molecule has 0 aliphatic heterocycles. The van der Waals surface area contributed by atoms with Crippen LogP contribution >= 0.6 is 23.2 Å². The van der Waals surface area contributed by atoms with Crippen molar-refractivity contribution in [1.82, 2.24) is 4.31 Å². The summed E-state index contributed by atoms with van der Waals surface area (Å²) in [4.78, 5) is -0.0833.